The van der Waals surface area contributed by atoms with E-state index in [1.54, 1.807) is 12.1 Å². The van der Waals surface area contributed by atoms with Gasteiger partial charge in [0.2, 0.25) is 0 Å². The van der Waals surface area contributed by atoms with Gasteiger partial charge in [0.15, 0.2) is 0 Å². The zero-order valence-corrected chi connectivity index (χ0v) is 16.2. The maximum atomic E-state index is 13.1. The second-order valence-corrected chi connectivity index (χ2v) is 7.93. The molecular weight excluding hydrogens is 359 g/mol. The number of amides is 1. The average molecular weight is 383 g/mol. The number of aryl methyl sites for hydroxylation is 1. The van der Waals surface area contributed by atoms with Gasteiger partial charge in [-0.15, -0.1) is 23.7 Å². The predicted molar refractivity (Wildman–Crippen MR) is 104 cm³/mol. The molecule has 0 spiro atoms. The smallest absolute Gasteiger partial charge is 0.261 e. The number of benzene rings is 1. The summed E-state index contributed by atoms with van der Waals surface area (Å²) >= 11 is 1.47. The Morgan fingerprint density at radius 1 is 1.28 bits per heavy atom. The first-order valence-corrected chi connectivity index (χ1v) is 9.14. The Morgan fingerprint density at radius 2 is 1.92 bits per heavy atom. The highest BCUT2D eigenvalue weighted by molar-refractivity contribution is 7.17. The molecule has 136 valence electrons. The van der Waals surface area contributed by atoms with E-state index < -0.39 is 0 Å². The first-order chi connectivity index (χ1) is 11.5. The topological polar surface area (TPSA) is 41.1 Å². The molecule has 3 rings (SSSR count). The van der Waals surface area contributed by atoms with Gasteiger partial charge in [-0.3, -0.25) is 4.79 Å². The number of hydrogen-bond donors (Lipinski definition) is 2. The summed E-state index contributed by atoms with van der Waals surface area (Å²) in [4.78, 5) is 14.2. The SMILES string of the molecule is Cc1cc(C(=O)NCC2(C)CCNCC2)sc1-c1ccc(F)cc1.Cl. The molecule has 1 aliphatic heterocycles. The van der Waals surface area contributed by atoms with E-state index in [0.717, 1.165) is 41.9 Å². The van der Waals surface area contributed by atoms with Crippen molar-refractivity contribution >= 4 is 29.7 Å². The van der Waals surface area contributed by atoms with E-state index in [9.17, 15) is 9.18 Å². The molecule has 0 bridgehead atoms. The Hall–Kier alpha value is -1.43. The van der Waals surface area contributed by atoms with Crippen molar-refractivity contribution in [3.05, 3.63) is 46.6 Å². The fourth-order valence-electron chi connectivity index (χ4n) is 3.07. The van der Waals surface area contributed by atoms with Crippen LogP contribution in [0.4, 0.5) is 4.39 Å². The highest BCUT2D eigenvalue weighted by Crippen LogP contribution is 2.33. The summed E-state index contributed by atoms with van der Waals surface area (Å²) in [6.07, 6.45) is 2.16. The van der Waals surface area contributed by atoms with E-state index >= 15 is 0 Å². The highest BCUT2D eigenvalue weighted by Gasteiger charge is 2.27. The molecule has 1 aromatic carbocycles. The number of rotatable bonds is 4. The van der Waals surface area contributed by atoms with E-state index in [1.807, 2.05) is 13.0 Å². The Kier molecular flexibility index (Phi) is 6.60. The molecule has 6 heteroatoms. The summed E-state index contributed by atoms with van der Waals surface area (Å²) in [7, 11) is 0. The number of nitrogens with one attached hydrogen (secondary N) is 2. The number of carbonyl (C=O) groups excluding carboxylic acids is 1. The van der Waals surface area contributed by atoms with E-state index in [2.05, 4.69) is 17.6 Å². The van der Waals surface area contributed by atoms with E-state index in [4.69, 9.17) is 0 Å². The lowest BCUT2D eigenvalue weighted by molar-refractivity contribution is 0.0926. The van der Waals surface area contributed by atoms with Crippen LogP contribution in [0, 0.1) is 18.2 Å². The Balaban J connectivity index is 0.00000225. The van der Waals surface area contributed by atoms with Gasteiger partial charge in [-0.1, -0.05) is 19.1 Å². The monoisotopic (exact) mass is 382 g/mol. The van der Waals surface area contributed by atoms with Gasteiger partial charge >= 0.3 is 0 Å². The molecule has 3 nitrogen and oxygen atoms in total. The Labute approximate surface area is 158 Å². The van der Waals surface area contributed by atoms with Gasteiger partial charge < -0.3 is 10.6 Å². The van der Waals surface area contributed by atoms with Crippen molar-refractivity contribution in [3.8, 4) is 10.4 Å². The molecule has 1 amide bonds. The van der Waals surface area contributed by atoms with Crippen LogP contribution in [0.5, 0.6) is 0 Å². The lowest BCUT2D eigenvalue weighted by Gasteiger charge is -2.34. The molecule has 1 saturated heterocycles. The highest BCUT2D eigenvalue weighted by atomic mass is 35.5. The van der Waals surface area contributed by atoms with Crippen LogP contribution in [0.15, 0.2) is 30.3 Å². The molecule has 0 atom stereocenters. The molecule has 1 aliphatic rings. The van der Waals surface area contributed by atoms with Crippen LogP contribution in [-0.4, -0.2) is 25.5 Å². The minimum absolute atomic E-state index is 0. The van der Waals surface area contributed by atoms with Crippen molar-refractivity contribution in [1.82, 2.24) is 10.6 Å². The quantitative estimate of drug-likeness (QED) is 0.822. The lowest BCUT2D eigenvalue weighted by Crippen LogP contribution is -2.42. The number of thiophene rings is 1. The summed E-state index contributed by atoms with van der Waals surface area (Å²) in [5.41, 5.74) is 2.17. The molecule has 0 saturated carbocycles. The minimum Gasteiger partial charge on any atom is -0.351 e. The van der Waals surface area contributed by atoms with Crippen LogP contribution in [0.25, 0.3) is 10.4 Å². The van der Waals surface area contributed by atoms with Gasteiger partial charge in [0, 0.05) is 11.4 Å². The van der Waals surface area contributed by atoms with Gasteiger partial charge in [-0.2, -0.15) is 0 Å². The van der Waals surface area contributed by atoms with Gasteiger partial charge in [0.25, 0.3) is 5.91 Å². The Morgan fingerprint density at radius 3 is 2.56 bits per heavy atom. The molecule has 0 unspecified atom stereocenters. The van der Waals surface area contributed by atoms with Crippen molar-refractivity contribution in [1.29, 1.82) is 0 Å². The van der Waals surface area contributed by atoms with Gasteiger partial charge in [0.05, 0.1) is 4.88 Å². The van der Waals surface area contributed by atoms with Crippen LogP contribution in [0.1, 0.15) is 35.0 Å². The molecule has 2 heterocycles. The molecule has 2 aromatic rings. The third-order valence-corrected chi connectivity index (χ3v) is 6.02. The molecule has 0 radical (unpaired) electrons. The predicted octanol–water partition coefficient (Wildman–Crippen LogP) is 4.40. The maximum Gasteiger partial charge on any atom is 0.261 e. The third-order valence-electron chi connectivity index (χ3n) is 4.73. The van der Waals surface area contributed by atoms with Gasteiger partial charge in [-0.05, 0) is 67.6 Å². The second-order valence-electron chi connectivity index (χ2n) is 6.87. The van der Waals surface area contributed by atoms with E-state index in [1.165, 1.54) is 23.5 Å². The zero-order valence-electron chi connectivity index (χ0n) is 14.5. The number of halogens is 2. The van der Waals surface area contributed by atoms with Gasteiger partial charge in [0.1, 0.15) is 5.82 Å². The van der Waals surface area contributed by atoms with E-state index in [0.29, 0.717) is 11.4 Å². The van der Waals surface area contributed by atoms with Crippen molar-refractivity contribution < 1.29 is 9.18 Å². The molecule has 0 aliphatic carbocycles. The summed E-state index contributed by atoms with van der Waals surface area (Å²) in [6, 6.07) is 8.33. The van der Waals surface area contributed by atoms with Crippen LogP contribution < -0.4 is 10.6 Å². The van der Waals surface area contributed by atoms with Crippen LogP contribution in [-0.2, 0) is 0 Å². The van der Waals surface area contributed by atoms with Crippen LogP contribution >= 0.6 is 23.7 Å². The minimum atomic E-state index is -0.249. The molecule has 1 aromatic heterocycles. The number of carbonyl (C=O) groups is 1. The second kappa shape index (κ2) is 8.30. The summed E-state index contributed by atoms with van der Waals surface area (Å²) in [6.45, 7) is 6.95. The number of hydrogen-bond acceptors (Lipinski definition) is 3. The van der Waals surface area contributed by atoms with Crippen molar-refractivity contribution in [2.45, 2.75) is 26.7 Å². The molecule has 2 N–H and O–H groups in total. The van der Waals surface area contributed by atoms with Crippen molar-refractivity contribution in [3.63, 3.8) is 0 Å². The third kappa shape index (κ3) is 4.81. The Bertz CT molecular complexity index is 724. The van der Waals surface area contributed by atoms with Crippen molar-refractivity contribution in [2.75, 3.05) is 19.6 Å². The largest absolute Gasteiger partial charge is 0.351 e. The number of piperidine rings is 1. The van der Waals surface area contributed by atoms with Gasteiger partial charge in [-0.25, -0.2) is 4.39 Å². The van der Waals surface area contributed by atoms with Crippen molar-refractivity contribution in [2.24, 2.45) is 5.41 Å². The first kappa shape index (κ1) is 19.9. The molecular formula is C19H24ClFN2OS. The van der Waals surface area contributed by atoms with E-state index in [-0.39, 0.29) is 29.5 Å². The molecule has 25 heavy (non-hydrogen) atoms. The van der Waals surface area contributed by atoms with Crippen LogP contribution in [0.3, 0.4) is 0 Å². The maximum absolute atomic E-state index is 13.1. The standard InChI is InChI=1S/C19H23FN2OS.ClH/c1-13-11-16(24-17(13)14-3-5-15(20)6-4-14)18(23)22-12-19(2)7-9-21-10-8-19;/h3-6,11,21H,7-10,12H2,1-2H3,(H,22,23);1H. The zero-order chi connectivity index (χ0) is 17.2. The normalized spacial score (nSPS) is 16.1. The molecule has 1 fully saturated rings. The summed E-state index contributed by atoms with van der Waals surface area (Å²) in [5.74, 6) is -0.266. The van der Waals surface area contributed by atoms with Crippen LogP contribution in [0.2, 0.25) is 0 Å². The fraction of sp³-hybridized carbons (Fsp3) is 0.421. The average Bonchev–Trinajstić information content (AvgIpc) is 2.96. The lowest BCUT2D eigenvalue weighted by atomic mass is 9.81. The summed E-state index contributed by atoms with van der Waals surface area (Å²) in [5, 5.41) is 6.45. The fourth-order valence-corrected chi connectivity index (χ4v) is 4.16. The summed E-state index contributed by atoms with van der Waals surface area (Å²) < 4.78 is 13.1. The first-order valence-electron chi connectivity index (χ1n) is 8.32.